The van der Waals surface area contributed by atoms with E-state index in [0.29, 0.717) is 17.0 Å². The second kappa shape index (κ2) is 8.34. The zero-order chi connectivity index (χ0) is 18.4. The number of esters is 1. The first-order chi connectivity index (χ1) is 12.7. The molecule has 3 rings (SSSR count). The van der Waals surface area contributed by atoms with E-state index in [9.17, 15) is 9.59 Å². The largest absolute Gasteiger partial charge is 0.462 e. The van der Waals surface area contributed by atoms with Crippen molar-refractivity contribution < 1.29 is 23.2 Å². The minimum Gasteiger partial charge on any atom is -0.462 e. The van der Waals surface area contributed by atoms with E-state index in [-0.39, 0.29) is 29.4 Å². The summed E-state index contributed by atoms with van der Waals surface area (Å²) in [6, 6.07) is 10.1. The van der Waals surface area contributed by atoms with Crippen molar-refractivity contribution in [2.75, 3.05) is 17.7 Å². The highest BCUT2D eigenvalue weighted by Crippen LogP contribution is 2.24. The van der Waals surface area contributed by atoms with Crippen molar-refractivity contribution in [1.29, 1.82) is 0 Å². The number of thioether (sulfide) groups is 1. The fourth-order valence-corrected chi connectivity index (χ4v) is 2.62. The van der Waals surface area contributed by atoms with E-state index in [1.165, 1.54) is 6.26 Å². The number of nitrogens with zero attached hydrogens (tertiary/aromatic N) is 2. The van der Waals surface area contributed by atoms with Gasteiger partial charge in [0.05, 0.1) is 29.9 Å². The summed E-state index contributed by atoms with van der Waals surface area (Å²) in [7, 11) is 0. The molecule has 0 radical (unpaired) electrons. The Morgan fingerprint density at radius 1 is 1.19 bits per heavy atom. The van der Waals surface area contributed by atoms with Crippen molar-refractivity contribution in [3.8, 4) is 11.7 Å². The quantitative estimate of drug-likeness (QED) is 0.497. The summed E-state index contributed by atoms with van der Waals surface area (Å²) >= 11 is 1.08. The molecular weight excluding hydrogens is 358 g/mol. The maximum atomic E-state index is 12.2. The first-order valence-electron chi connectivity index (χ1n) is 7.73. The number of benzene rings is 1. The number of hydrogen-bond acceptors (Lipinski definition) is 8. The van der Waals surface area contributed by atoms with Crippen LogP contribution in [0.2, 0.25) is 0 Å². The number of para-hydroxylation sites is 1. The summed E-state index contributed by atoms with van der Waals surface area (Å²) in [6.07, 6.45) is 1.50. The van der Waals surface area contributed by atoms with E-state index in [2.05, 4.69) is 15.5 Å². The van der Waals surface area contributed by atoms with Gasteiger partial charge in [0.15, 0.2) is 5.76 Å². The van der Waals surface area contributed by atoms with Crippen LogP contribution in [0.5, 0.6) is 0 Å². The van der Waals surface area contributed by atoms with Gasteiger partial charge in [-0.1, -0.05) is 23.9 Å². The van der Waals surface area contributed by atoms with Gasteiger partial charge in [-0.2, -0.15) is 0 Å². The van der Waals surface area contributed by atoms with Gasteiger partial charge in [-0.25, -0.2) is 4.79 Å². The molecule has 0 saturated carbocycles. The lowest BCUT2D eigenvalue weighted by molar-refractivity contribution is -0.113. The van der Waals surface area contributed by atoms with Crippen molar-refractivity contribution in [2.24, 2.45) is 0 Å². The van der Waals surface area contributed by atoms with Crippen LogP contribution in [0.3, 0.4) is 0 Å². The SMILES string of the molecule is CCOC(=O)c1ccccc1NC(=O)CSc1nnc(-c2ccco2)o1. The highest BCUT2D eigenvalue weighted by Gasteiger charge is 2.16. The third-order valence-corrected chi connectivity index (χ3v) is 3.98. The molecule has 2 heterocycles. The topological polar surface area (TPSA) is 107 Å². The Labute approximate surface area is 152 Å². The Morgan fingerprint density at radius 2 is 2.04 bits per heavy atom. The van der Waals surface area contributed by atoms with Crippen molar-refractivity contribution in [3.63, 3.8) is 0 Å². The van der Waals surface area contributed by atoms with Crippen LogP contribution in [0.15, 0.2) is 56.7 Å². The first-order valence-corrected chi connectivity index (χ1v) is 8.72. The normalized spacial score (nSPS) is 10.5. The fourth-order valence-electron chi connectivity index (χ4n) is 2.06. The van der Waals surface area contributed by atoms with E-state index in [0.717, 1.165) is 11.8 Å². The number of carbonyl (C=O) groups is 2. The Bertz CT molecular complexity index is 891. The van der Waals surface area contributed by atoms with Gasteiger partial charge in [0, 0.05) is 0 Å². The van der Waals surface area contributed by atoms with Gasteiger partial charge < -0.3 is 18.9 Å². The van der Waals surface area contributed by atoms with Crippen molar-refractivity contribution in [1.82, 2.24) is 10.2 Å². The number of carbonyl (C=O) groups excluding carboxylic acids is 2. The summed E-state index contributed by atoms with van der Waals surface area (Å²) in [6.45, 7) is 1.98. The van der Waals surface area contributed by atoms with Crippen LogP contribution in [-0.4, -0.2) is 34.4 Å². The molecular formula is C17H15N3O5S. The number of anilines is 1. The van der Waals surface area contributed by atoms with Crippen LogP contribution >= 0.6 is 11.8 Å². The second-order valence-electron chi connectivity index (χ2n) is 4.95. The number of rotatable bonds is 7. The molecule has 0 atom stereocenters. The van der Waals surface area contributed by atoms with Gasteiger partial charge in [-0.15, -0.1) is 10.2 Å². The summed E-state index contributed by atoms with van der Waals surface area (Å²) < 4.78 is 15.6. The predicted octanol–water partition coefficient (Wildman–Crippen LogP) is 3.24. The monoisotopic (exact) mass is 373 g/mol. The predicted molar refractivity (Wildman–Crippen MR) is 93.8 cm³/mol. The van der Waals surface area contributed by atoms with E-state index < -0.39 is 5.97 Å². The average molecular weight is 373 g/mol. The number of ether oxygens (including phenoxy) is 1. The van der Waals surface area contributed by atoms with E-state index in [1.54, 1.807) is 43.3 Å². The first kappa shape index (κ1) is 17.7. The fraction of sp³-hybridized carbons (Fsp3) is 0.176. The van der Waals surface area contributed by atoms with Gasteiger partial charge in [0.25, 0.3) is 11.1 Å². The third-order valence-electron chi connectivity index (χ3n) is 3.16. The lowest BCUT2D eigenvalue weighted by Gasteiger charge is -2.09. The van der Waals surface area contributed by atoms with Gasteiger partial charge in [-0.3, -0.25) is 4.79 Å². The molecule has 0 fully saturated rings. The van der Waals surface area contributed by atoms with Crippen LogP contribution in [-0.2, 0) is 9.53 Å². The molecule has 134 valence electrons. The minimum absolute atomic E-state index is 0.0386. The molecule has 0 bridgehead atoms. The van der Waals surface area contributed by atoms with Gasteiger partial charge >= 0.3 is 5.97 Å². The lowest BCUT2D eigenvalue weighted by atomic mass is 10.2. The number of furan rings is 1. The molecule has 0 saturated heterocycles. The molecule has 0 unspecified atom stereocenters. The summed E-state index contributed by atoms with van der Waals surface area (Å²) in [4.78, 5) is 24.1. The Kier molecular flexibility index (Phi) is 5.69. The number of nitrogens with one attached hydrogen (secondary N) is 1. The van der Waals surface area contributed by atoms with Crippen LogP contribution in [0.25, 0.3) is 11.7 Å². The standard InChI is InChI=1S/C17H15N3O5S/c1-2-23-16(22)11-6-3-4-7-12(11)18-14(21)10-26-17-20-19-15(25-17)13-8-5-9-24-13/h3-9H,2,10H2,1H3,(H,18,21). The van der Waals surface area contributed by atoms with Crippen LogP contribution < -0.4 is 5.32 Å². The molecule has 3 aromatic rings. The maximum Gasteiger partial charge on any atom is 0.340 e. The highest BCUT2D eigenvalue weighted by atomic mass is 32.2. The molecule has 1 aromatic carbocycles. The molecule has 2 aromatic heterocycles. The summed E-state index contributed by atoms with van der Waals surface area (Å²) in [5.41, 5.74) is 0.684. The molecule has 1 N–H and O–H groups in total. The van der Waals surface area contributed by atoms with Crippen LogP contribution in [0.4, 0.5) is 5.69 Å². The molecule has 9 heteroatoms. The second-order valence-corrected chi connectivity index (χ2v) is 5.88. The highest BCUT2D eigenvalue weighted by molar-refractivity contribution is 7.99. The molecule has 0 spiro atoms. The summed E-state index contributed by atoms with van der Waals surface area (Å²) in [5, 5.41) is 10.6. The number of hydrogen-bond donors (Lipinski definition) is 1. The molecule has 0 aliphatic heterocycles. The van der Waals surface area contributed by atoms with Gasteiger partial charge in [0.1, 0.15) is 0 Å². The average Bonchev–Trinajstić information content (AvgIpc) is 3.32. The van der Waals surface area contributed by atoms with Crippen molar-refractivity contribution in [3.05, 3.63) is 48.2 Å². The Hall–Kier alpha value is -3.07. The number of aromatic nitrogens is 2. The third kappa shape index (κ3) is 4.31. The zero-order valence-corrected chi connectivity index (χ0v) is 14.6. The van der Waals surface area contributed by atoms with E-state index in [1.807, 2.05) is 0 Å². The zero-order valence-electron chi connectivity index (χ0n) is 13.8. The Morgan fingerprint density at radius 3 is 2.81 bits per heavy atom. The van der Waals surface area contributed by atoms with Crippen molar-refractivity contribution in [2.45, 2.75) is 12.1 Å². The van der Waals surface area contributed by atoms with Crippen LogP contribution in [0.1, 0.15) is 17.3 Å². The molecule has 0 aliphatic rings. The maximum absolute atomic E-state index is 12.2. The number of amides is 1. The van der Waals surface area contributed by atoms with E-state index in [4.69, 9.17) is 13.6 Å². The van der Waals surface area contributed by atoms with Crippen LogP contribution in [0, 0.1) is 0 Å². The lowest BCUT2D eigenvalue weighted by Crippen LogP contribution is -2.17. The molecule has 26 heavy (non-hydrogen) atoms. The molecule has 8 nitrogen and oxygen atoms in total. The summed E-state index contributed by atoms with van der Waals surface area (Å²) in [5.74, 6) is -0.0694. The minimum atomic E-state index is -0.490. The van der Waals surface area contributed by atoms with Gasteiger partial charge in [-0.05, 0) is 31.2 Å². The van der Waals surface area contributed by atoms with Gasteiger partial charge in [0.2, 0.25) is 5.91 Å². The Balaban J connectivity index is 1.59. The van der Waals surface area contributed by atoms with E-state index >= 15 is 0 Å². The molecule has 1 amide bonds. The smallest absolute Gasteiger partial charge is 0.340 e. The van der Waals surface area contributed by atoms with Crippen molar-refractivity contribution >= 4 is 29.3 Å². The molecule has 0 aliphatic carbocycles.